The molecule has 1 amide bonds. The van der Waals surface area contributed by atoms with Crippen LogP contribution in [0.4, 0.5) is 13.2 Å². The van der Waals surface area contributed by atoms with Gasteiger partial charge in [-0.1, -0.05) is 6.92 Å². The average Bonchev–Trinajstić information content (AvgIpc) is 3.13. The van der Waals surface area contributed by atoms with Gasteiger partial charge in [0.25, 0.3) is 5.91 Å². The molecule has 0 aliphatic heterocycles. The van der Waals surface area contributed by atoms with Gasteiger partial charge in [0.05, 0.1) is 11.1 Å². The number of fused-ring (bicyclic) bond motifs is 1. The molecule has 1 heterocycles. The molecule has 1 aliphatic carbocycles. The van der Waals surface area contributed by atoms with E-state index >= 15 is 0 Å². The molecule has 1 unspecified atom stereocenters. The van der Waals surface area contributed by atoms with E-state index in [0.717, 1.165) is 40.2 Å². The van der Waals surface area contributed by atoms with E-state index in [2.05, 4.69) is 32.9 Å². The Morgan fingerprint density at radius 3 is 2.59 bits per heavy atom. The van der Waals surface area contributed by atoms with Crippen LogP contribution < -0.4 is 5.32 Å². The van der Waals surface area contributed by atoms with Crippen LogP contribution in [0, 0.1) is 9.49 Å². The van der Waals surface area contributed by atoms with E-state index in [-0.39, 0.29) is 30.7 Å². The predicted molar refractivity (Wildman–Crippen MR) is 115 cm³/mol. The molecule has 160 valence electrons. The zero-order valence-electron chi connectivity index (χ0n) is 16.3. The number of hydrogen-bond donors (Lipinski definition) is 3. The van der Waals surface area contributed by atoms with Crippen molar-refractivity contribution >= 4 is 39.4 Å². The maximum atomic E-state index is 13.0. The number of carbonyl (C=O) groups is 1. The molecule has 0 bridgehead atoms. The zero-order chi connectivity index (χ0) is 21.2. The number of H-pyrrole nitrogens is 1. The van der Waals surface area contributed by atoms with Crippen molar-refractivity contribution in [1.82, 2.24) is 10.3 Å². The van der Waals surface area contributed by atoms with Gasteiger partial charge in [-0.05, 0) is 91.7 Å². The fourth-order valence-electron chi connectivity index (χ4n) is 4.13. The van der Waals surface area contributed by atoms with Gasteiger partial charge in [-0.25, -0.2) is 0 Å². The molecule has 0 radical (unpaired) electrons. The number of aromatic amines is 1. The van der Waals surface area contributed by atoms with Crippen molar-refractivity contribution < 1.29 is 23.1 Å². The second-order valence-electron chi connectivity index (χ2n) is 8.01. The lowest BCUT2D eigenvalue weighted by Crippen LogP contribution is -2.45. The first-order valence-electron chi connectivity index (χ1n) is 9.99. The highest BCUT2D eigenvalue weighted by Gasteiger charge is 2.51. The van der Waals surface area contributed by atoms with Gasteiger partial charge in [0.15, 0.2) is 5.60 Å². The number of carbonyl (C=O) groups excluding carboxylic acids is 1. The van der Waals surface area contributed by atoms with E-state index in [1.807, 2.05) is 18.2 Å². The van der Waals surface area contributed by atoms with Gasteiger partial charge in [0, 0.05) is 21.2 Å². The SMILES string of the molecule is CCC(O)(CCC1CCC(NC(=O)c2cc(I)cc3cc[nH]c23)CC1)C(F)(F)F. The van der Waals surface area contributed by atoms with Crippen LogP contribution in [0.15, 0.2) is 24.4 Å². The van der Waals surface area contributed by atoms with Crippen LogP contribution in [-0.4, -0.2) is 33.8 Å². The number of amides is 1. The smallest absolute Gasteiger partial charge is 0.380 e. The Bertz CT molecular complexity index is 859. The summed E-state index contributed by atoms with van der Waals surface area (Å²) in [6.07, 6.45) is -0.0307. The van der Waals surface area contributed by atoms with Crippen molar-refractivity contribution in [2.45, 2.75) is 69.7 Å². The van der Waals surface area contributed by atoms with E-state index in [9.17, 15) is 23.1 Å². The molecule has 2 aromatic rings. The maximum absolute atomic E-state index is 13.0. The highest BCUT2D eigenvalue weighted by molar-refractivity contribution is 14.1. The second kappa shape index (κ2) is 8.83. The molecule has 1 atom stereocenters. The number of rotatable bonds is 6. The lowest BCUT2D eigenvalue weighted by molar-refractivity contribution is -0.264. The molecule has 1 aliphatic rings. The number of aliphatic hydroxyl groups is 1. The summed E-state index contributed by atoms with van der Waals surface area (Å²) in [6.45, 7) is 1.37. The molecule has 4 nitrogen and oxygen atoms in total. The Morgan fingerprint density at radius 2 is 1.97 bits per heavy atom. The van der Waals surface area contributed by atoms with Crippen molar-refractivity contribution in [3.63, 3.8) is 0 Å². The van der Waals surface area contributed by atoms with Crippen LogP contribution in [0.1, 0.15) is 62.2 Å². The Hall–Kier alpha value is -1.29. The van der Waals surface area contributed by atoms with Gasteiger partial charge in [-0.2, -0.15) is 13.2 Å². The van der Waals surface area contributed by atoms with Crippen molar-refractivity contribution in [2.24, 2.45) is 5.92 Å². The molecule has 3 N–H and O–H groups in total. The second-order valence-corrected chi connectivity index (χ2v) is 9.25. The average molecular weight is 522 g/mol. The first kappa shape index (κ1) is 22.4. The Balaban J connectivity index is 1.53. The summed E-state index contributed by atoms with van der Waals surface area (Å²) in [7, 11) is 0. The minimum Gasteiger partial charge on any atom is -0.380 e. The topological polar surface area (TPSA) is 65.1 Å². The van der Waals surface area contributed by atoms with Crippen LogP contribution in [0.2, 0.25) is 0 Å². The number of aromatic nitrogens is 1. The number of halogens is 4. The summed E-state index contributed by atoms with van der Waals surface area (Å²) in [5.41, 5.74) is -1.18. The quantitative estimate of drug-likeness (QED) is 0.436. The summed E-state index contributed by atoms with van der Waals surface area (Å²) in [5.74, 6) is 0.0215. The molecule has 1 fully saturated rings. The maximum Gasteiger partial charge on any atom is 0.417 e. The third kappa shape index (κ3) is 5.07. The van der Waals surface area contributed by atoms with E-state index in [0.29, 0.717) is 12.0 Å². The third-order valence-electron chi connectivity index (χ3n) is 6.13. The summed E-state index contributed by atoms with van der Waals surface area (Å²) < 4.78 is 40.1. The number of hydrogen-bond acceptors (Lipinski definition) is 2. The normalized spacial score (nSPS) is 22.4. The van der Waals surface area contributed by atoms with Crippen molar-refractivity contribution in [3.8, 4) is 0 Å². The predicted octanol–water partition coefficient (Wildman–Crippen LogP) is 5.54. The van der Waals surface area contributed by atoms with E-state index in [1.54, 1.807) is 6.20 Å². The molecule has 29 heavy (non-hydrogen) atoms. The molecule has 1 saturated carbocycles. The highest BCUT2D eigenvalue weighted by Crippen LogP contribution is 2.39. The van der Waals surface area contributed by atoms with Crippen molar-refractivity contribution in [3.05, 3.63) is 33.5 Å². The van der Waals surface area contributed by atoms with Gasteiger partial charge in [-0.3, -0.25) is 4.79 Å². The lowest BCUT2D eigenvalue weighted by atomic mass is 9.80. The van der Waals surface area contributed by atoms with Crippen LogP contribution >= 0.6 is 22.6 Å². The zero-order valence-corrected chi connectivity index (χ0v) is 18.4. The van der Waals surface area contributed by atoms with Gasteiger partial charge in [0.2, 0.25) is 0 Å². The monoisotopic (exact) mass is 522 g/mol. The summed E-state index contributed by atoms with van der Waals surface area (Å²) >= 11 is 2.19. The first-order valence-corrected chi connectivity index (χ1v) is 11.1. The first-order chi connectivity index (χ1) is 13.6. The molecule has 3 rings (SSSR count). The lowest BCUT2D eigenvalue weighted by Gasteiger charge is -2.33. The molecule has 1 aromatic heterocycles. The standard InChI is InChI=1S/C21H26F3IN2O2/c1-2-20(29,21(22,23)24)9-7-13-3-5-16(6-4-13)27-19(28)17-12-15(25)11-14-8-10-26-18(14)17/h8,10-13,16,26,29H,2-7,9H2,1H3,(H,27,28). The Labute approximate surface area is 181 Å². The fourth-order valence-corrected chi connectivity index (χ4v) is 4.78. The van der Waals surface area contributed by atoms with Gasteiger partial charge in [0.1, 0.15) is 0 Å². The summed E-state index contributed by atoms with van der Waals surface area (Å²) in [4.78, 5) is 15.9. The van der Waals surface area contributed by atoms with E-state index in [1.165, 1.54) is 6.92 Å². The van der Waals surface area contributed by atoms with Crippen LogP contribution in [0.5, 0.6) is 0 Å². The minimum atomic E-state index is -4.59. The van der Waals surface area contributed by atoms with Crippen molar-refractivity contribution in [2.75, 3.05) is 0 Å². The largest absolute Gasteiger partial charge is 0.417 e. The van der Waals surface area contributed by atoms with Crippen molar-refractivity contribution in [1.29, 1.82) is 0 Å². The van der Waals surface area contributed by atoms with Crippen LogP contribution in [0.25, 0.3) is 10.9 Å². The number of benzene rings is 1. The van der Waals surface area contributed by atoms with E-state index in [4.69, 9.17) is 0 Å². The summed E-state index contributed by atoms with van der Waals surface area (Å²) in [5, 5.41) is 14.0. The summed E-state index contributed by atoms with van der Waals surface area (Å²) in [6, 6.07) is 5.81. The van der Waals surface area contributed by atoms with Crippen LogP contribution in [0.3, 0.4) is 0 Å². The minimum absolute atomic E-state index is 0.0225. The molecular formula is C21H26F3IN2O2. The molecule has 0 saturated heterocycles. The number of nitrogens with one attached hydrogen (secondary N) is 2. The molecule has 8 heteroatoms. The Morgan fingerprint density at radius 1 is 1.28 bits per heavy atom. The van der Waals surface area contributed by atoms with Crippen LogP contribution in [-0.2, 0) is 0 Å². The number of alkyl halides is 3. The molecular weight excluding hydrogens is 496 g/mol. The fraction of sp³-hybridized carbons (Fsp3) is 0.571. The molecule has 0 spiro atoms. The van der Waals surface area contributed by atoms with Gasteiger partial charge >= 0.3 is 6.18 Å². The Kier molecular flexibility index (Phi) is 6.82. The van der Waals surface area contributed by atoms with Gasteiger partial charge < -0.3 is 15.4 Å². The van der Waals surface area contributed by atoms with E-state index < -0.39 is 11.8 Å². The molecule has 1 aromatic carbocycles. The van der Waals surface area contributed by atoms with Gasteiger partial charge in [-0.15, -0.1) is 0 Å². The third-order valence-corrected chi connectivity index (χ3v) is 6.75. The highest BCUT2D eigenvalue weighted by atomic mass is 127.